The zero-order chi connectivity index (χ0) is 15.9. The molecule has 22 heavy (non-hydrogen) atoms. The first kappa shape index (κ1) is 16.5. The van der Waals surface area contributed by atoms with E-state index in [1.165, 1.54) is 0 Å². The average Bonchev–Trinajstić information content (AvgIpc) is 2.51. The number of carbonyl (C=O) groups excluding carboxylic acids is 1. The molecule has 2 rings (SSSR count). The van der Waals surface area contributed by atoms with Crippen LogP contribution in [0.1, 0.15) is 44.3 Å². The number of benzene rings is 1. The summed E-state index contributed by atoms with van der Waals surface area (Å²) in [5, 5.41) is 8.61. The number of carbonyl (C=O) groups is 2. The van der Waals surface area contributed by atoms with Crippen molar-refractivity contribution < 1.29 is 19.4 Å². The third kappa shape index (κ3) is 4.84. The second kappa shape index (κ2) is 7.94. The van der Waals surface area contributed by atoms with Crippen molar-refractivity contribution >= 4 is 11.9 Å². The molecule has 0 aromatic heterocycles. The molecule has 5 nitrogen and oxygen atoms in total. The number of hydrogen-bond donors (Lipinski definition) is 1. The lowest BCUT2D eigenvalue weighted by Gasteiger charge is -2.37. The molecule has 2 unspecified atom stereocenters. The van der Waals surface area contributed by atoms with Gasteiger partial charge >= 0.3 is 5.97 Å². The molecule has 1 amide bonds. The van der Waals surface area contributed by atoms with Gasteiger partial charge in [0.1, 0.15) is 6.10 Å². The smallest absolute Gasteiger partial charge is 0.303 e. The van der Waals surface area contributed by atoms with Gasteiger partial charge in [0, 0.05) is 19.4 Å². The minimum Gasteiger partial charge on any atom is -0.481 e. The van der Waals surface area contributed by atoms with Crippen LogP contribution in [-0.2, 0) is 14.3 Å². The van der Waals surface area contributed by atoms with Crippen LogP contribution in [-0.4, -0.2) is 41.1 Å². The fraction of sp³-hybridized carbons (Fsp3) is 0.529. The van der Waals surface area contributed by atoms with Crippen LogP contribution in [0.3, 0.4) is 0 Å². The Hall–Kier alpha value is -1.88. The van der Waals surface area contributed by atoms with Crippen molar-refractivity contribution in [1.29, 1.82) is 0 Å². The summed E-state index contributed by atoms with van der Waals surface area (Å²) in [4.78, 5) is 24.6. The number of hydrogen-bond acceptors (Lipinski definition) is 3. The molecule has 1 aromatic carbocycles. The van der Waals surface area contributed by atoms with Gasteiger partial charge in [0.2, 0.25) is 5.91 Å². The van der Waals surface area contributed by atoms with Crippen molar-refractivity contribution in [3.63, 3.8) is 0 Å². The number of carboxylic acid groups (broad SMARTS) is 1. The van der Waals surface area contributed by atoms with E-state index in [-0.39, 0.29) is 24.5 Å². The van der Waals surface area contributed by atoms with Crippen molar-refractivity contribution in [1.82, 2.24) is 4.90 Å². The summed E-state index contributed by atoms with van der Waals surface area (Å²) in [6.07, 6.45) is 1.60. The molecule has 1 aliphatic rings. The van der Waals surface area contributed by atoms with Crippen molar-refractivity contribution in [3.05, 3.63) is 35.9 Å². The molecule has 120 valence electrons. The fourth-order valence-electron chi connectivity index (χ4n) is 2.72. The predicted octanol–water partition coefficient (Wildman–Crippen LogP) is 2.62. The normalized spacial score (nSPS) is 21.6. The van der Waals surface area contributed by atoms with Crippen LogP contribution in [0, 0.1) is 0 Å². The molecule has 2 atom stereocenters. The van der Waals surface area contributed by atoms with Crippen molar-refractivity contribution in [2.45, 2.75) is 44.8 Å². The van der Waals surface area contributed by atoms with Crippen LogP contribution in [0.25, 0.3) is 0 Å². The summed E-state index contributed by atoms with van der Waals surface area (Å²) in [6, 6.07) is 9.92. The molecule has 0 spiro atoms. The zero-order valence-electron chi connectivity index (χ0n) is 12.9. The maximum absolute atomic E-state index is 12.3. The van der Waals surface area contributed by atoms with E-state index < -0.39 is 5.97 Å². The van der Waals surface area contributed by atoms with Crippen LogP contribution >= 0.6 is 0 Å². The highest BCUT2D eigenvalue weighted by Gasteiger charge is 2.28. The molecule has 0 bridgehead atoms. The molecule has 5 heteroatoms. The summed E-state index contributed by atoms with van der Waals surface area (Å²) >= 11 is 0. The van der Waals surface area contributed by atoms with Crippen LogP contribution in [0.15, 0.2) is 30.3 Å². The molecular weight excluding hydrogens is 282 g/mol. The lowest BCUT2D eigenvalue weighted by molar-refractivity contribution is -0.145. The Morgan fingerprint density at radius 1 is 1.18 bits per heavy atom. The zero-order valence-corrected chi connectivity index (χ0v) is 12.9. The number of carboxylic acids is 1. The molecule has 1 N–H and O–H groups in total. The molecule has 0 saturated carbocycles. The van der Waals surface area contributed by atoms with Crippen molar-refractivity contribution in [2.24, 2.45) is 0 Å². The topological polar surface area (TPSA) is 66.8 Å². The summed E-state index contributed by atoms with van der Waals surface area (Å²) in [6.45, 7) is 3.13. The van der Waals surface area contributed by atoms with Crippen LogP contribution in [0.4, 0.5) is 0 Å². The number of unbranched alkanes of at least 4 members (excludes halogenated alkanes) is 1. The van der Waals surface area contributed by atoms with Gasteiger partial charge in [-0.15, -0.1) is 0 Å². The Morgan fingerprint density at radius 3 is 2.55 bits per heavy atom. The minimum atomic E-state index is -0.809. The second-order valence-electron chi connectivity index (χ2n) is 5.75. The highest BCUT2D eigenvalue weighted by Crippen LogP contribution is 2.25. The first-order valence-corrected chi connectivity index (χ1v) is 7.76. The van der Waals surface area contributed by atoms with E-state index in [1.54, 1.807) is 0 Å². The molecule has 0 radical (unpaired) electrons. The van der Waals surface area contributed by atoms with E-state index in [2.05, 4.69) is 0 Å². The first-order chi connectivity index (χ1) is 10.6. The van der Waals surface area contributed by atoms with Crippen molar-refractivity contribution in [3.8, 4) is 0 Å². The number of aliphatic carboxylic acids is 1. The van der Waals surface area contributed by atoms with Crippen LogP contribution < -0.4 is 0 Å². The van der Waals surface area contributed by atoms with Gasteiger partial charge in [-0.3, -0.25) is 9.59 Å². The highest BCUT2D eigenvalue weighted by molar-refractivity contribution is 5.76. The van der Waals surface area contributed by atoms with E-state index in [9.17, 15) is 9.59 Å². The number of morpholine rings is 1. The molecule has 1 saturated heterocycles. The standard InChI is InChI=1S/C17H23NO4/c1-13-11-18(16(19)9-5-6-10-17(20)21)12-15(22-13)14-7-3-2-4-8-14/h2-4,7-8,13,15H,5-6,9-12H2,1H3,(H,20,21). The summed E-state index contributed by atoms with van der Waals surface area (Å²) in [5.41, 5.74) is 1.08. The third-order valence-corrected chi connectivity index (χ3v) is 3.82. The van der Waals surface area contributed by atoms with Crippen LogP contribution in [0.2, 0.25) is 0 Å². The van der Waals surface area contributed by atoms with E-state index >= 15 is 0 Å². The Balaban J connectivity index is 1.87. The van der Waals surface area contributed by atoms with Gasteiger partial charge in [-0.2, -0.15) is 0 Å². The van der Waals surface area contributed by atoms with Gasteiger partial charge in [0.05, 0.1) is 12.6 Å². The van der Waals surface area contributed by atoms with E-state index in [0.717, 1.165) is 5.56 Å². The van der Waals surface area contributed by atoms with Gasteiger partial charge in [-0.1, -0.05) is 30.3 Å². The maximum atomic E-state index is 12.3. The molecule has 1 aromatic rings. The number of ether oxygens (including phenoxy) is 1. The molecule has 1 fully saturated rings. The van der Waals surface area contributed by atoms with Gasteiger partial charge in [-0.25, -0.2) is 0 Å². The molecule has 1 aliphatic heterocycles. The van der Waals surface area contributed by atoms with Crippen LogP contribution in [0.5, 0.6) is 0 Å². The van der Waals surface area contributed by atoms with Gasteiger partial charge in [0.25, 0.3) is 0 Å². The lowest BCUT2D eigenvalue weighted by atomic mass is 10.1. The first-order valence-electron chi connectivity index (χ1n) is 7.76. The average molecular weight is 305 g/mol. The second-order valence-corrected chi connectivity index (χ2v) is 5.75. The fourth-order valence-corrected chi connectivity index (χ4v) is 2.72. The van der Waals surface area contributed by atoms with Crippen molar-refractivity contribution in [2.75, 3.05) is 13.1 Å². The van der Waals surface area contributed by atoms with Gasteiger partial charge in [0.15, 0.2) is 0 Å². The number of rotatable bonds is 6. The summed E-state index contributed by atoms with van der Waals surface area (Å²) in [5.74, 6) is -0.724. The quantitative estimate of drug-likeness (QED) is 0.820. The molecule has 0 aliphatic carbocycles. The predicted molar refractivity (Wildman–Crippen MR) is 82.4 cm³/mol. The summed E-state index contributed by atoms with van der Waals surface area (Å²) in [7, 11) is 0. The Morgan fingerprint density at radius 2 is 1.86 bits per heavy atom. The number of amides is 1. The lowest BCUT2D eigenvalue weighted by Crippen LogP contribution is -2.45. The van der Waals surface area contributed by atoms with Gasteiger partial charge < -0.3 is 14.7 Å². The maximum Gasteiger partial charge on any atom is 0.303 e. The SMILES string of the molecule is CC1CN(C(=O)CCCCC(=O)O)CC(c2ccccc2)O1. The van der Waals surface area contributed by atoms with E-state index in [1.807, 2.05) is 42.2 Å². The largest absolute Gasteiger partial charge is 0.481 e. The third-order valence-electron chi connectivity index (χ3n) is 3.82. The molecular formula is C17H23NO4. The Bertz CT molecular complexity index is 503. The van der Waals surface area contributed by atoms with Gasteiger partial charge in [-0.05, 0) is 25.3 Å². The Kier molecular flexibility index (Phi) is 5.95. The summed E-state index contributed by atoms with van der Waals surface area (Å²) < 4.78 is 5.94. The van der Waals surface area contributed by atoms with E-state index in [0.29, 0.717) is 32.4 Å². The highest BCUT2D eigenvalue weighted by atomic mass is 16.5. The Labute approximate surface area is 130 Å². The molecule has 1 heterocycles. The number of nitrogens with zero attached hydrogens (tertiary/aromatic N) is 1. The monoisotopic (exact) mass is 305 g/mol. The minimum absolute atomic E-state index is 0.00178. The van der Waals surface area contributed by atoms with E-state index in [4.69, 9.17) is 9.84 Å².